The van der Waals surface area contributed by atoms with Crippen molar-refractivity contribution in [3.8, 4) is 0 Å². The highest BCUT2D eigenvalue weighted by atomic mass is 32.2. The van der Waals surface area contributed by atoms with Crippen molar-refractivity contribution in [2.75, 3.05) is 17.6 Å². The van der Waals surface area contributed by atoms with Crippen LogP contribution in [0.4, 0.5) is 10.5 Å². The lowest BCUT2D eigenvalue weighted by molar-refractivity contribution is 0.148. The number of anilines is 1. The molecule has 1 atom stereocenters. The van der Waals surface area contributed by atoms with E-state index in [0.29, 0.717) is 22.5 Å². The van der Waals surface area contributed by atoms with Crippen LogP contribution in [0.3, 0.4) is 0 Å². The van der Waals surface area contributed by atoms with Gasteiger partial charge in [-0.2, -0.15) is 0 Å². The van der Waals surface area contributed by atoms with Crippen molar-refractivity contribution in [3.63, 3.8) is 0 Å². The predicted molar refractivity (Wildman–Crippen MR) is 90.3 cm³/mol. The number of nitrogens with zero attached hydrogens (tertiary/aromatic N) is 1. The van der Waals surface area contributed by atoms with Crippen LogP contribution in [-0.2, 0) is 9.84 Å². The highest BCUT2D eigenvalue weighted by Crippen LogP contribution is 2.37. The fraction of sp³-hybridized carbons (Fsp3) is 0.588. The molecule has 1 N–H and O–H groups in total. The van der Waals surface area contributed by atoms with Crippen LogP contribution >= 0.6 is 0 Å². The van der Waals surface area contributed by atoms with Gasteiger partial charge in [-0.25, -0.2) is 13.2 Å². The summed E-state index contributed by atoms with van der Waals surface area (Å²) < 4.78 is 23.6. The summed E-state index contributed by atoms with van der Waals surface area (Å²) in [5, 5.41) is 2.91. The standard InChI is InChI=1S/C17H24N2O3S/c1-2-23(21,22)15-10-8-14(9-11-15)18-17(20)19-12-4-7-16(19)13-5-3-6-13/h8-11,13,16H,2-7,12H2,1H3,(H,18,20). The summed E-state index contributed by atoms with van der Waals surface area (Å²) in [6.45, 7) is 2.44. The molecule has 1 aromatic rings. The van der Waals surface area contributed by atoms with Gasteiger partial charge in [-0.3, -0.25) is 0 Å². The number of hydrogen-bond donors (Lipinski definition) is 1. The maximum absolute atomic E-state index is 12.5. The lowest BCUT2D eigenvalue weighted by atomic mass is 9.79. The van der Waals surface area contributed by atoms with Gasteiger partial charge in [0.25, 0.3) is 0 Å². The molecule has 0 aromatic heterocycles. The third-order valence-corrected chi connectivity index (χ3v) is 6.85. The van der Waals surface area contributed by atoms with Gasteiger partial charge in [0.15, 0.2) is 9.84 Å². The van der Waals surface area contributed by atoms with E-state index in [9.17, 15) is 13.2 Å². The monoisotopic (exact) mass is 336 g/mol. The summed E-state index contributed by atoms with van der Waals surface area (Å²) in [5.74, 6) is 0.746. The van der Waals surface area contributed by atoms with Gasteiger partial charge in [0.1, 0.15) is 0 Å². The normalized spacial score (nSPS) is 22.0. The van der Waals surface area contributed by atoms with E-state index in [1.54, 1.807) is 31.2 Å². The second-order valence-corrected chi connectivity index (χ2v) is 8.73. The Balaban J connectivity index is 1.65. The van der Waals surface area contributed by atoms with Gasteiger partial charge < -0.3 is 10.2 Å². The molecule has 1 aromatic carbocycles. The Bertz CT molecular complexity index is 666. The number of sulfone groups is 1. The molecule has 1 saturated heterocycles. The molecule has 1 aliphatic heterocycles. The van der Waals surface area contributed by atoms with Crippen molar-refractivity contribution in [1.29, 1.82) is 0 Å². The SMILES string of the molecule is CCS(=O)(=O)c1ccc(NC(=O)N2CCCC2C2CCC2)cc1. The predicted octanol–water partition coefficient (Wildman–Crippen LogP) is 3.28. The maximum Gasteiger partial charge on any atom is 0.322 e. The molecule has 6 heteroatoms. The third kappa shape index (κ3) is 3.37. The first-order valence-corrected chi connectivity index (χ1v) is 10.1. The number of benzene rings is 1. The molecule has 5 nitrogen and oxygen atoms in total. The van der Waals surface area contributed by atoms with Crippen molar-refractivity contribution in [2.24, 2.45) is 5.92 Å². The minimum Gasteiger partial charge on any atom is -0.321 e. The number of rotatable bonds is 4. The molecule has 1 heterocycles. The smallest absolute Gasteiger partial charge is 0.321 e. The highest BCUT2D eigenvalue weighted by molar-refractivity contribution is 7.91. The van der Waals surface area contributed by atoms with E-state index in [4.69, 9.17) is 0 Å². The zero-order valence-electron chi connectivity index (χ0n) is 13.5. The molecule has 0 radical (unpaired) electrons. The number of amides is 2. The van der Waals surface area contributed by atoms with E-state index < -0.39 is 9.84 Å². The summed E-state index contributed by atoms with van der Waals surface area (Å²) in [5.41, 5.74) is 0.643. The van der Waals surface area contributed by atoms with Crippen molar-refractivity contribution in [2.45, 2.75) is 50.0 Å². The zero-order valence-corrected chi connectivity index (χ0v) is 14.3. The van der Waals surface area contributed by atoms with Gasteiger partial charge in [0.2, 0.25) is 0 Å². The minimum atomic E-state index is -3.20. The average Bonchev–Trinajstić information content (AvgIpc) is 2.95. The average molecular weight is 336 g/mol. The molecule has 0 spiro atoms. The number of likely N-dealkylation sites (tertiary alicyclic amines) is 1. The molecule has 0 bridgehead atoms. The van der Waals surface area contributed by atoms with Gasteiger partial charge in [-0.05, 0) is 55.9 Å². The van der Waals surface area contributed by atoms with Crippen LogP contribution in [0.2, 0.25) is 0 Å². The van der Waals surface area contributed by atoms with Crippen molar-refractivity contribution in [1.82, 2.24) is 4.90 Å². The number of carbonyl (C=O) groups is 1. The fourth-order valence-electron chi connectivity index (χ4n) is 3.47. The molecule has 1 saturated carbocycles. The summed E-state index contributed by atoms with van der Waals surface area (Å²) in [6.07, 6.45) is 5.92. The topological polar surface area (TPSA) is 66.5 Å². The van der Waals surface area contributed by atoms with E-state index in [0.717, 1.165) is 19.4 Å². The second kappa shape index (κ2) is 6.51. The van der Waals surface area contributed by atoms with Crippen LogP contribution in [0, 0.1) is 5.92 Å². The Hall–Kier alpha value is -1.56. The Labute approximate surface area is 138 Å². The highest BCUT2D eigenvalue weighted by Gasteiger charge is 2.37. The molecule has 1 aliphatic carbocycles. The fourth-order valence-corrected chi connectivity index (χ4v) is 4.35. The summed E-state index contributed by atoms with van der Waals surface area (Å²) in [7, 11) is -3.20. The van der Waals surface area contributed by atoms with E-state index in [1.807, 2.05) is 4.90 Å². The molecule has 2 amide bonds. The number of carbonyl (C=O) groups excluding carboxylic acids is 1. The van der Waals surface area contributed by atoms with Gasteiger partial charge in [-0.1, -0.05) is 13.3 Å². The Morgan fingerprint density at radius 2 is 1.87 bits per heavy atom. The largest absolute Gasteiger partial charge is 0.322 e. The Morgan fingerprint density at radius 1 is 1.17 bits per heavy atom. The molecule has 2 fully saturated rings. The molecular formula is C17H24N2O3S. The molecule has 23 heavy (non-hydrogen) atoms. The van der Waals surface area contributed by atoms with Gasteiger partial charge in [0, 0.05) is 18.3 Å². The third-order valence-electron chi connectivity index (χ3n) is 5.10. The Kier molecular flexibility index (Phi) is 4.62. The molecule has 1 unspecified atom stereocenters. The van der Waals surface area contributed by atoms with E-state index in [2.05, 4.69) is 5.32 Å². The van der Waals surface area contributed by atoms with E-state index >= 15 is 0 Å². The lowest BCUT2D eigenvalue weighted by Gasteiger charge is -2.36. The lowest BCUT2D eigenvalue weighted by Crippen LogP contribution is -2.44. The molecule has 126 valence electrons. The quantitative estimate of drug-likeness (QED) is 0.917. The van der Waals surface area contributed by atoms with Crippen LogP contribution in [0.5, 0.6) is 0 Å². The van der Waals surface area contributed by atoms with Crippen LogP contribution in [0.25, 0.3) is 0 Å². The van der Waals surface area contributed by atoms with Crippen molar-refractivity contribution in [3.05, 3.63) is 24.3 Å². The van der Waals surface area contributed by atoms with Crippen molar-refractivity contribution < 1.29 is 13.2 Å². The number of urea groups is 1. The van der Waals surface area contributed by atoms with Crippen LogP contribution in [0.15, 0.2) is 29.2 Å². The molecule has 2 aliphatic rings. The summed E-state index contributed by atoms with van der Waals surface area (Å²) >= 11 is 0. The first kappa shape index (κ1) is 16.3. The summed E-state index contributed by atoms with van der Waals surface area (Å²) in [6, 6.07) is 6.75. The zero-order chi connectivity index (χ0) is 16.4. The van der Waals surface area contributed by atoms with Gasteiger partial charge in [0.05, 0.1) is 10.6 Å². The second-order valence-electron chi connectivity index (χ2n) is 6.45. The summed E-state index contributed by atoms with van der Waals surface area (Å²) in [4.78, 5) is 14.8. The van der Waals surface area contributed by atoms with E-state index in [-0.39, 0.29) is 11.8 Å². The number of nitrogens with one attached hydrogen (secondary N) is 1. The van der Waals surface area contributed by atoms with Crippen molar-refractivity contribution >= 4 is 21.6 Å². The van der Waals surface area contributed by atoms with Gasteiger partial charge >= 0.3 is 6.03 Å². The van der Waals surface area contributed by atoms with Crippen LogP contribution < -0.4 is 5.32 Å². The molecule has 3 rings (SSSR count). The van der Waals surface area contributed by atoms with Gasteiger partial charge in [-0.15, -0.1) is 0 Å². The van der Waals surface area contributed by atoms with E-state index in [1.165, 1.54) is 19.3 Å². The van der Waals surface area contributed by atoms with Crippen LogP contribution in [-0.4, -0.2) is 37.7 Å². The molecular weight excluding hydrogens is 312 g/mol. The number of hydrogen-bond acceptors (Lipinski definition) is 3. The minimum absolute atomic E-state index is 0.0644. The van der Waals surface area contributed by atoms with Crippen LogP contribution in [0.1, 0.15) is 39.0 Å². The maximum atomic E-state index is 12.5. The first-order valence-electron chi connectivity index (χ1n) is 8.41. The first-order chi connectivity index (χ1) is 11.0. The Morgan fingerprint density at radius 3 is 2.43 bits per heavy atom.